The molecule has 1 fully saturated rings. The number of halogens is 1. The van der Waals surface area contributed by atoms with Crippen LogP contribution in [0, 0.1) is 11.7 Å². The monoisotopic (exact) mass is 466 g/mol. The largest absolute Gasteiger partial charge is 0.338 e. The van der Waals surface area contributed by atoms with Crippen LogP contribution in [0.2, 0.25) is 0 Å². The highest BCUT2D eigenvalue weighted by atomic mass is 32.1. The van der Waals surface area contributed by atoms with Crippen LogP contribution >= 0.6 is 11.3 Å². The van der Waals surface area contributed by atoms with Crippen molar-refractivity contribution >= 4 is 39.9 Å². The number of amides is 3. The highest BCUT2D eigenvalue weighted by Gasteiger charge is 2.29. The van der Waals surface area contributed by atoms with Crippen molar-refractivity contribution in [1.82, 2.24) is 9.88 Å². The number of aromatic nitrogens is 1. The molecule has 7 nitrogen and oxygen atoms in total. The van der Waals surface area contributed by atoms with Crippen LogP contribution in [-0.4, -0.2) is 40.7 Å². The van der Waals surface area contributed by atoms with E-state index in [-0.39, 0.29) is 23.6 Å². The summed E-state index contributed by atoms with van der Waals surface area (Å²) in [6.07, 6.45) is 1.40. The molecule has 1 atom stereocenters. The number of piperidine rings is 1. The Hall–Kier alpha value is -3.59. The number of thiazole rings is 1. The summed E-state index contributed by atoms with van der Waals surface area (Å²) in [5, 5.41) is 7.93. The third-order valence-electron chi connectivity index (χ3n) is 5.41. The van der Waals surface area contributed by atoms with Gasteiger partial charge in [-0.3, -0.25) is 14.4 Å². The summed E-state index contributed by atoms with van der Waals surface area (Å²) >= 11 is 1.33. The second-order valence-corrected chi connectivity index (χ2v) is 8.74. The van der Waals surface area contributed by atoms with E-state index in [1.807, 2.05) is 17.5 Å². The summed E-state index contributed by atoms with van der Waals surface area (Å²) in [4.78, 5) is 42.8. The van der Waals surface area contributed by atoms with Crippen molar-refractivity contribution in [2.75, 3.05) is 23.7 Å². The molecule has 3 aromatic rings. The van der Waals surface area contributed by atoms with Gasteiger partial charge < -0.3 is 15.5 Å². The summed E-state index contributed by atoms with van der Waals surface area (Å²) in [6.45, 7) is 2.33. The molecule has 1 saturated heterocycles. The molecule has 170 valence electrons. The Kier molecular flexibility index (Phi) is 6.79. The molecule has 33 heavy (non-hydrogen) atoms. The van der Waals surface area contributed by atoms with E-state index in [0.717, 1.165) is 17.7 Å². The molecule has 0 spiro atoms. The number of hydrogen-bond donors (Lipinski definition) is 2. The summed E-state index contributed by atoms with van der Waals surface area (Å²) in [6, 6.07) is 12.7. The van der Waals surface area contributed by atoms with Gasteiger partial charge in [-0.2, -0.15) is 0 Å². The van der Waals surface area contributed by atoms with Gasteiger partial charge in [-0.15, -0.1) is 11.3 Å². The van der Waals surface area contributed by atoms with E-state index < -0.39 is 5.82 Å². The van der Waals surface area contributed by atoms with Crippen molar-refractivity contribution in [2.24, 2.45) is 5.92 Å². The lowest BCUT2D eigenvalue weighted by molar-refractivity contribution is -0.121. The number of nitrogens with zero attached hydrogens (tertiary/aromatic N) is 2. The van der Waals surface area contributed by atoms with Crippen LogP contribution < -0.4 is 10.6 Å². The number of likely N-dealkylation sites (tertiary alicyclic amines) is 1. The number of carbonyl (C=O) groups is 3. The van der Waals surface area contributed by atoms with Crippen LogP contribution in [-0.2, 0) is 9.59 Å². The molecule has 9 heteroatoms. The van der Waals surface area contributed by atoms with Gasteiger partial charge in [0.1, 0.15) is 5.82 Å². The molecule has 4 rings (SSSR count). The van der Waals surface area contributed by atoms with Gasteiger partial charge in [-0.05, 0) is 49.2 Å². The maximum atomic E-state index is 13.1. The lowest BCUT2D eigenvalue weighted by Gasteiger charge is -2.32. The second-order valence-electron chi connectivity index (χ2n) is 7.88. The molecule has 1 aromatic heterocycles. The third-order valence-corrected chi connectivity index (χ3v) is 6.16. The normalized spacial score (nSPS) is 15.7. The second kappa shape index (κ2) is 9.91. The number of carbonyl (C=O) groups excluding carboxylic acids is 3. The van der Waals surface area contributed by atoms with Crippen LogP contribution in [0.5, 0.6) is 0 Å². The molecule has 0 radical (unpaired) electrons. The summed E-state index contributed by atoms with van der Waals surface area (Å²) in [5.41, 5.74) is 2.70. The Morgan fingerprint density at radius 1 is 1.06 bits per heavy atom. The van der Waals surface area contributed by atoms with E-state index in [1.54, 1.807) is 17.0 Å². The van der Waals surface area contributed by atoms with E-state index >= 15 is 0 Å². The first-order valence-corrected chi connectivity index (χ1v) is 11.5. The van der Waals surface area contributed by atoms with Crippen LogP contribution in [0.1, 0.15) is 30.1 Å². The van der Waals surface area contributed by atoms with Crippen LogP contribution in [0.3, 0.4) is 0 Å². The fourth-order valence-corrected chi connectivity index (χ4v) is 4.47. The average Bonchev–Trinajstić information content (AvgIpc) is 3.28. The van der Waals surface area contributed by atoms with Crippen molar-refractivity contribution in [1.29, 1.82) is 0 Å². The minimum Gasteiger partial charge on any atom is -0.338 e. The first-order chi connectivity index (χ1) is 15.9. The quantitative estimate of drug-likeness (QED) is 0.583. The predicted octanol–water partition coefficient (Wildman–Crippen LogP) is 4.40. The van der Waals surface area contributed by atoms with Crippen molar-refractivity contribution < 1.29 is 18.8 Å². The van der Waals surface area contributed by atoms with Gasteiger partial charge in [0.25, 0.3) is 5.91 Å². The molecule has 1 aliphatic rings. The molecule has 3 amide bonds. The van der Waals surface area contributed by atoms with Gasteiger partial charge in [0.05, 0.1) is 11.6 Å². The Morgan fingerprint density at radius 3 is 2.48 bits per heavy atom. The SMILES string of the molecule is CC(=O)Nc1ccc(-c2csc(NC(=O)C3CCCN(C(=O)c4ccc(F)cc4)C3)n2)cc1. The van der Waals surface area contributed by atoms with Crippen LogP contribution in [0.15, 0.2) is 53.9 Å². The molecule has 0 bridgehead atoms. The zero-order valence-corrected chi connectivity index (χ0v) is 18.8. The van der Waals surface area contributed by atoms with Gasteiger partial charge >= 0.3 is 0 Å². The van der Waals surface area contributed by atoms with Crippen molar-refractivity contribution in [2.45, 2.75) is 19.8 Å². The Bertz CT molecular complexity index is 1160. The fourth-order valence-electron chi connectivity index (χ4n) is 3.75. The zero-order valence-electron chi connectivity index (χ0n) is 18.0. The lowest BCUT2D eigenvalue weighted by atomic mass is 9.96. The number of nitrogens with one attached hydrogen (secondary N) is 2. The molecule has 1 aliphatic heterocycles. The van der Waals surface area contributed by atoms with Crippen molar-refractivity contribution in [3.05, 3.63) is 65.3 Å². The smallest absolute Gasteiger partial charge is 0.253 e. The Morgan fingerprint density at radius 2 is 1.79 bits per heavy atom. The molecule has 0 saturated carbocycles. The summed E-state index contributed by atoms with van der Waals surface area (Å²) in [5.74, 6) is -1.25. The standard InChI is InChI=1S/C24H23FN4O3S/c1-15(30)26-20-10-6-16(7-11-20)21-14-33-24(27-21)28-22(31)18-3-2-12-29(13-18)23(32)17-4-8-19(25)9-5-17/h4-11,14,18H,2-3,12-13H2,1H3,(H,26,30)(H,27,28,31). The van der Waals surface area contributed by atoms with E-state index in [1.165, 1.54) is 42.5 Å². The highest BCUT2D eigenvalue weighted by molar-refractivity contribution is 7.14. The Balaban J connectivity index is 1.37. The average molecular weight is 467 g/mol. The van der Waals surface area contributed by atoms with Gasteiger partial charge in [0, 0.05) is 42.2 Å². The molecule has 0 aliphatic carbocycles. The molecule has 1 unspecified atom stereocenters. The van der Waals surface area contributed by atoms with Crippen LogP contribution in [0.4, 0.5) is 15.2 Å². The summed E-state index contributed by atoms with van der Waals surface area (Å²) in [7, 11) is 0. The maximum Gasteiger partial charge on any atom is 0.253 e. The lowest BCUT2D eigenvalue weighted by Crippen LogP contribution is -2.43. The van der Waals surface area contributed by atoms with Gasteiger partial charge in [-0.25, -0.2) is 9.37 Å². The van der Waals surface area contributed by atoms with E-state index in [2.05, 4.69) is 15.6 Å². The number of anilines is 2. The Labute approximate surface area is 194 Å². The van der Waals surface area contributed by atoms with Crippen molar-refractivity contribution in [3.63, 3.8) is 0 Å². The number of rotatable bonds is 5. The third kappa shape index (κ3) is 5.61. The molecular formula is C24H23FN4O3S. The topological polar surface area (TPSA) is 91.4 Å². The number of benzene rings is 2. The zero-order chi connectivity index (χ0) is 23.4. The first kappa shape index (κ1) is 22.6. The predicted molar refractivity (Wildman–Crippen MR) is 126 cm³/mol. The van der Waals surface area contributed by atoms with Crippen LogP contribution in [0.25, 0.3) is 11.3 Å². The minimum atomic E-state index is -0.395. The maximum absolute atomic E-state index is 13.1. The summed E-state index contributed by atoms with van der Waals surface area (Å²) < 4.78 is 13.1. The van der Waals surface area contributed by atoms with Gasteiger partial charge in [0.15, 0.2) is 5.13 Å². The molecule has 2 N–H and O–H groups in total. The minimum absolute atomic E-state index is 0.137. The van der Waals surface area contributed by atoms with E-state index in [4.69, 9.17) is 0 Å². The van der Waals surface area contributed by atoms with E-state index in [0.29, 0.717) is 35.9 Å². The van der Waals surface area contributed by atoms with Gasteiger partial charge in [0.2, 0.25) is 11.8 Å². The van der Waals surface area contributed by atoms with Crippen molar-refractivity contribution in [3.8, 4) is 11.3 Å². The first-order valence-electron chi connectivity index (χ1n) is 10.6. The molecular weight excluding hydrogens is 443 g/mol. The number of hydrogen-bond acceptors (Lipinski definition) is 5. The fraction of sp³-hybridized carbons (Fsp3) is 0.250. The van der Waals surface area contributed by atoms with E-state index in [9.17, 15) is 18.8 Å². The molecule has 2 aromatic carbocycles. The van der Waals surface area contributed by atoms with Gasteiger partial charge in [-0.1, -0.05) is 12.1 Å². The highest BCUT2D eigenvalue weighted by Crippen LogP contribution is 2.27. The molecule has 2 heterocycles.